The van der Waals surface area contributed by atoms with Crippen molar-refractivity contribution in [1.29, 1.82) is 0 Å². The van der Waals surface area contributed by atoms with Gasteiger partial charge in [-0.3, -0.25) is 4.79 Å². The zero-order chi connectivity index (χ0) is 18.2. The Hall–Kier alpha value is -2.62. The van der Waals surface area contributed by atoms with Gasteiger partial charge < -0.3 is 4.74 Å². The Bertz CT molecular complexity index is 737. The summed E-state index contributed by atoms with van der Waals surface area (Å²) in [5.41, 5.74) is 6.64. The number of benzene rings is 2. The van der Waals surface area contributed by atoms with Gasteiger partial charge in [0.1, 0.15) is 5.75 Å². The van der Waals surface area contributed by atoms with E-state index in [-0.39, 0.29) is 12.5 Å². The maximum Gasteiger partial charge on any atom is 0.277 e. The van der Waals surface area contributed by atoms with Crippen LogP contribution in [0.3, 0.4) is 0 Å². The third kappa shape index (κ3) is 5.45. The number of hydrogen-bond acceptors (Lipinski definition) is 3. The van der Waals surface area contributed by atoms with Crippen molar-refractivity contribution < 1.29 is 9.53 Å². The van der Waals surface area contributed by atoms with Crippen LogP contribution in [-0.4, -0.2) is 18.2 Å². The molecule has 2 aromatic carbocycles. The molecule has 2 rings (SSSR count). The molecule has 0 atom stereocenters. The van der Waals surface area contributed by atoms with Crippen molar-refractivity contribution in [2.45, 2.75) is 40.0 Å². The fourth-order valence-electron chi connectivity index (χ4n) is 2.53. The molecule has 1 N–H and O–H groups in total. The van der Waals surface area contributed by atoms with Crippen molar-refractivity contribution >= 4 is 11.6 Å². The number of rotatable bonds is 7. The van der Waals surface area contributed by atoms with E-state index < -0.39 is 0 Å². The summed E-state index contributed by atoms with van der Waals surface area (Å²) in [6, 6.07) is 15.9. The van der Waals surface area contributed by atoms with Crippen LogP contribution >= 0.6 is 0 Å². The Kier molecular flexibility index (Phi) is 6.75. The van der Waals surface area contributed by atoms with Crippen LogP contribution in [0.2, 0.25) is 0 Å². The Morgan fingerprint density at radius 1 is 1.16 bits per heavy atom. The Morgan fingerprint density at radius 3 is 2.52 bits per heavy atom. The molecule has 0 fully saturated rings. The highest BCUT2D eigenvalue weighted by molar-refractivity contribution is 6.00. The van der Waals surface area contributed by atoms with Crippen molar-refractivity contribution in [1.82, 2.24) is 5.43 Å². The summed E-state index contributed by atoms with van der Waals surface area (Å²) in [4.78, 5) is 12.1. The maximum absolute atomic E-state index is 12.1. The molecule has 0 saturated heterocycles. The van der Waals surface area contributed by atoms with Crippen molar-refractivity contribution in [3.63, 3.8) is 0 Å². The molecule has 0 radical (unpaired) electrons. The molecular weight excluding hydrogens is 312 g/mol. The first kappa shape index (κ1) is 18.7. The minimum absolute atomic E-state index is 0.0571. The number of carbonyl (C=O) groups excluding carboxylic acids is 1. The monoisotopic (exact) mass is 338 g/mol. The summed E-state index contributed by atoms with van der Waals surface area (Å²) >= 11 is 0. The summed E-state index contributed by atoms with van der Waals surface area (Å²) in [6.45, 7) is 8.17. The molecule has 4 nitrogen and oxygen atoms in total. The zero-order valence-electron chi connectivity index (χ0n) is 15.4. The van der Waals surface area contributed by atoms with Crippen LogP contribution in [0.15, 0.2) is 53.6 Å². The number of hydrazone groups is 1. The van der Waals surface area contributed by atoms with Gasteiger partial charge in [0.25, 0.3) is 5.91 Å². The normalized spacial score (nSPS) is 11.5. The zero-order valence-corrected chi connectivity index (χ0v) is 15.4. The topological polar surface area (TPSA) is 50.7 Å². The number of ether oxygens (including phenoxy) is 1. The van der Waals surface area contributed by atoms with Crippen molar-refractivity contribution in [2.75, 3.05) is 6.61 Å². The van der Waals surface area contributed by atoms with E-state index >= 15 is 0 Å². The second-order valence-corrected chi connectivity index (χ2v) is 6.30. The van der Waals surface area contributed by atoms with E-state index in [9.17, 15) is 4.79 Å². The molecule has 0 aromatic heterocycles. The molecule has 0 aliphatic heterocycles. The number of nitrogens with one attached hydrogen (secondary N) is 1. The number of nitrogens with zero attached hydrogens (tertiary/aromatic N) is 1. The minimum Gasteiger partial charge on any atom is -0.483 e. The van der Waals surface area contributed by atoms with E-state index in [0.29, 0.717) is 5.92 Å². The predicted molar refractivity (Wildman–Crippen MR) is 102 cm³/mol. The summed E-state index contributed by atoms with van der Waals surface area (Å²) in [5.74, 6) is 0.826. The molecule has 0 unspecified atom stereocenters. The quantitative estimate of drug-likeness (QED) is 0.600. The van der Waals surface area contributed by atoms with Gasteiger partial charge >= 0.3 is 0 Å². The van der Waals surface area contributed by atoms with E-state index in [2.05, 4.69) is 36.5 Å². The molecule has 132 valence electrons. The standard InChI is InChI=1S/C21H26N2O2/c1-5-19(17-9-7-6-8-10-17)22-23-21(24)14-25-20-13-16(4)11-12-18(20)15(2)3/h6-13,15H,5,14H2,1-4H3,(H,23,24)/b22-19-. The van der Waals surface area contributed by atoms with E-state index in [1.807, 2.05) is 50.2 Å². The molecule has 1 amide bonds. The van der Waals surface area contributed by atoms with Gasteiger partial charge in [0, 0.05) is 0 Å². The molecule has 0 aliphatic carbocycles. The van der Waals surface area contributed by atoms with Gasteiger partial charge in [0.05, 0.1) is 5.71 Å². The maximum atomic E-state index is 12.1. The van der Waals surface area contributed by atoms with E-state index in [0.717, 1.165) is 34.6 Å². The summed E-state index contributed by atoms with van der Waals surface area (Å²) in [5, 5.41) is 4.24. The summed E-state index contributed by atoms with van der Waals surface area (Å²) < 4.78 is 5.73. The highest BCUT2D eigenvalue weighted by atomic mass is 16.5. The molecule has 2 aromatic rings. The fraction of sp³-hybridized carbons (Fsp3) is 0.333. The van der Waals surface area contributed by atoms with Gasteiger partial charge in [-0.05, 0) is 42.0 Å². The first-order valence-corrected chi connectivity index (χ1v) is 8.65. The second-order valence-electron chi connectivity index (χ2n) is 6.30. The average molecular weight is 338 g/mol. The Labute approximate surface area is 149 Å². The van der Waals surface area contributed by atoms with Gasteiger partial charge in [-0.15, -0.1) is 0 Å². The molecule has 0 heterocycles. The lowest BCUT2D eigenvalue weighted by Crippen LogP contribution is -2.26. The molecule has 0 saturated carbocycles. The highest BCUT2D eigenvalue weighted by Crippen LogP contribution is 2.27. The van der Waals surface area contributed by atoms with Crippen LogP contribution in [0, 0.1) is 6.92 Å². The first-order valence-electron chi connectivity index (χ1n) is 8.65. The van der Waals surface area contributed by atoms with Gasteiger partial charge in [-0.2, -0.15) is 5.10 Å². The third-order valence-corrected chi connectivity index (χ3v) is 3.91. The van der Waals surface area contributed by atoms with Crippen LogP contribution in [0.4, 0.5) is 0 Å². The summed E-state index contributed by atoms with van der Waals surface area (Å²) in [7, 11) is 0. The fourth-order valence-corrected chi connectivity index (χ4v) is 2.53. The smallest absolute Gasteiger partial charge is 0.277 e. The number of carbonyl (C=O) groups is 1. The van der Waals surface area contributed by atoms with Gasteiger partial charge in [-0.1, -0.05) is 63.2 Å². The lowest BCUT2D eigenvalue weighted by molar-refractivity contribution is -0.123. The second kappa shape index (κ2) is 9.02. The lowest BCUT2D eigenvalue weighted by Gasteiger charge is -2.14. The summed E-state index contributed by atoms with van der Waals surface area (Å²) in [6.07, 6.45) is 0.737. The lowest BCUT2D eigenvalue weighted by atomic mass is 10.0. The minimum atomic E-state index is -0.266. The van der Waals surface area contributed by atoms with Gasteiger partial charge in [0.15, 0.2) is 6.61 Å². The van der Waals surface area contributed by atoms with Crippen molar-refractivity contribution in [2.24, 2.45) is 5.10 Å². The van der Waals surface area contributed by atoms with E-state index in [1.165, 1.54) is 0 Å². The predicted octanol–water partition coefficient (Wildman–Crippen LogP) is 4.43. The van der Waals surface area contributed by atoms with E-state index in [1.54, 1.807) is 0 Å². The average Bonchev–Trinajstić information content (AvgIpc) is 2.61. The molecule has 0 bridgehead atoms. The van der Waals surface area contributed by atoms with E-state index in [4.69, 9.17) is 4.74 Å². The van der Waals surface area contributed by atoms with Crippen LogP contribution in [0.1, 0.15) is 49.8 Å². The van der Waals surface area contributed by atoms with Crippen LogP contribution in [-0.2, 0) is 4.79 Å². The number of amides is 1. The van der Waals surface area contributed by atoms with Crippen LogP contribution in [0.5, 0.6) is 5.75 Å². The van der Waals surface area contributed by atoms with Crippen LogP contribution in [0.25, 0.3) is 0 Å². The Balaban J connectivity index is 1.99. The molecule has 25 heavy (non-hydrogen) atoms. The van der Waals surface area contributed by atoms with Gasteiger partial charge in [-0.25, -0.2) is 5.43 Å². The van der Waals surface area contributed by atoms with Gasteiger partial charge in [0.2, 0.25) is 0 Å². The van der Waals surface area contributed by atoms with Crippen LogP contribution < -0.4 is 10.2 Å². The highest BCUT2D eigenvalue weighted by Gasteiger charge is 2.10. The SMILES string of the molecule is CC/C(=N/NC(=O)COc1cc(C)ccc1C(C)C)c1ccccc1. The molecular formula is C21H26N2O2. The molecule has 4 heteroatoms. The molecule has 0 aliphatic rings. The molecule has 0 spiro atoms. The number of aryl methyl sites for hydroxylation is 1. The van der Waals surface area contributed by atoms with Crippen molar-refractivity contribution in [3.05, 3.63) is 65.2 Å². The largest absolute Gasteiger partial charge is 0.483 e. The Morgan fingerprint density at radius 2 is 1.88 bits per heavy atom. The number of hydrogen-bond donors (Lipinski definition) is 1. The van der Waals surface area contributed by atoms with Crippen molar-refractivity contribution in [3.8, 4) is 5.75 Å². The first-order chi connectivity index (χ1) is 12.0. The third-order valence-electron chi connectivity index (χ3n) is 3.91.